The van der Waals surface area contributed by atoms with E-state index in [4.69, 9.17) is 5.73 Å². The summed E-state index contributed by atoms with van der Waals surface area (Å²) in [4.78, 5) is 12.2. The van der Waals surface area contributed by atoms with E-state index in [0.29, 0.717) is 21.4 Å². The molecule has 7 heteroatoms. The van der Waals surface area contributed by atoms with Crippen LogP contribution in [0.4, 0.5) is 11.4 Å². The van der Waals surface area contributed by atoms with Crippen LogP contribution in [-0.4, -0.2) is 28.8 Å². The Hall–Kier alpha value is -1.69. The van der Waals surface area contributed by atoms with Crippen LogP contribution in [0.25, 0.3) is 11.0 Å². The van der Waals surface area contributed by atoms with Crippen molar-refractivity contribution in [3.8, 4) is 0 Å². The molecule has 3 rings (SSSR count). The number of nitrogens with two attached hydrogens (primary N) is 1. The molecule has 3 N–H and O–H groups in total. The molecule has 0 aliphatic carbocycles. The van der Waals surface area contributed by atoms with Crippen molar-refractivity contribution in [3.63, 3.8) is 0 Å². The van der Waals surface area contributed by atoms with E-state index >= 15 is 0 Å². The summed E-state index contributed by atoms with van der Waals surface area (Å²) in [5.41, 5.74) is 9.12. The minimum absolute atomic E-state index is 0.118. The van der Waals surface area contributed by atoms with Crippen LogP contribution in [-0.2, 0) is 0 Å². The number of aromatic nitrogens is 2. The van der Waals surface area contributed by atoms with Gasteiger partial charge in [-0.3, -0.25) is 0 Å². The predicted octanol–water partition coefficient (Wildman–Crippen LogP) is 2.28. The van der Waals surface area contributed by atoms with E-state index in [0.717, 1.165) is 11.0 Å². The number of nitrogens with zero attached hydrogens (tertiary/aromatic N) is 2. The van der Waals surface area contributed by atoms with E-state index in [2.05, 4.69) is 29.2 Å². The van der Waals surface area contributed by atoms with E-state index in [1.54, 1.807) is 18.2 Å². The quantitative estimate of drug-likeness (QED) is 0.515. The van der Waals surface area contributed by atoms with E-state index in [1.807, 2.05) is 18.2 Å². The van der Waals surface area contributed by atoms with Gasteiger partial charge in [0.25, 0.3) is 0 Å². The number of hydrogen-bond acceptors (Lipinski definition) is 4. The second-order valence-electron chi connectivity index (χ2n) is 4.13. The summed E-state index contributed by atoms with van der Waals surface area (Å²) < 4.78 is 9.32. The van der Waals surface area contributed by atoms with E-state index in [-0.39, 0.29) is 20.9 Å². The average molecular weight is 396 g/mol. The van der Waals surface area contributed by atoms with Crippen LogP contribution in [0, 0.1) is 0 Å². The molecule has 1 heterocycles. The van der Waals surface area contributed by atoms with E-state index in [1.165, 1.54) is 0 Å². The van der Waals surface area contributed by atoms with Crippen molar-refractivity contribution in [2.24, 2.45) is 0 Å². The fraction of sp³-hybridized carbons (Fsp3) is 0. The molecule has 3 aromatic rings. The third-order valence-electron chi connectivity index (χ3n) is 2.80. The van der Waals surface area contributed by atoms with Crippen molar-refractivity contribution >= 4 is 59.2 Å². The zero-order chi connectivity index (χ0) is 14.1. The van der Waals surface area contributed by atoms with Gasteiger partial charge >= 0.3 is 129 Å². The Balaban J connectivity index is 1.92. The van der Waals surface area contributed by atoms with E-state index < -0.39 is 0 Å². The standard InChI is InChI=1S/C13H9BrN4OSe/c14-8-6-7(4-5-9(8)15)13(19)16-10-2-1-3-11-12(10)18-20-17-11/h1-6H,15H2,(H,16,19). The molecule has 0 saturated carbocycles. The molecule has 20 heavy (non-hydrogen) atoms. The molecule has 0 saturated heterocycles. The van der Waals surface area contributed by atoms with Crippen molar-refractivity contribution in [2.45, 2.75) is 0 Å². The Kier molecular flexibility index (Phi) is 3.56. The summed E-state index contributed by atoms with van der Waals surface area (Å²) in [6.45, 7) is 0. The average Bonchev–Trinajstić information content (AvgIpc) is 2.91. The number of fused-ring (bicyclic) bond motifs is 1. The Bertz CT molecular complexity index is 802. The van der Waals surface area contributed by atoms with Gasteiger partial charge in [0, 0.05) is 0 Å². The molecule has 1 aromatic heterocycles. The first kappa shape index (κ1) is 13.3. The van der Waals surface area contributed by atoms with Crippen LogP contribution in [0.15, 0.2) is 40.9 Å². The van der Waals surface area contributed by atoms with Crippen LogP contribution in [0.5, 0.6) is 0 Å². The van der Waals surface area contributed by atoms with Crippen molar-refractivity contribution in [3.05, 3.63) is 46.4 Å². The van der Waals surface area contributed by atoms with Gasteiger partial charge < -0.3 is 0 Å². The fourth-order valence-electron chi connectivity index (χ4n) is 1.77. The molecule has 1 amide bonds. The van der Waals surface area contributed by atoms with Crippen LogP contribution in [0.2, 0.25) is 0 Å². The third-order valence-corrected chi connectivity index (χ3v) is 4.62. The van der Waals surface area contributed by atoms with Crippen molar-refractivity contribution in [1.82, 2.24) is 7.96 Å². The molecule has 0 spiro atoms. The van der Waals surface area contributed by atoms with Crippen LogP contribution < -0.4 is 11.1 Å². The predicted molar refractivity (Wildman–Crippen MR) is 83.0 cm³/mol. The third kappa shape index (κ3) is 2.47. The van der Waals surface area contributed by atoms with Crippen molar-refractivity contribution in [2.75, 3.05) is 11.1 Å². The number of nitrogen functional groups attached to an aromatic ring is 1. The van der Waals surface area contributed by atoms with Crippen molar-refractivity contribution < 1.29 is 4.79 Å². The van der Waals surface area contributed by atoms with Gasteiger partial charge in [-0.1, -0.05) is 0 Å². The van der Waals surface area contributed by atoms with E-state index in [9.17, 15) is 4.79 Å². The number of halogens is 1. The number of nitrogens with one attached hydrogen (secondary N) is 1. The number of rotatable bonds is 2. The SMILES string of the molecule is Nc1ccc(C(=O)Nc2cccc3n[se]nc23)cc1Br. The van der Waals surface area contributed by atoms with Gasteiger partial charge in [0.1, 0.15) is 0 Å². The maximum atomic E-state index is 12.2. The van der Waals surface area contributed by atoms with Gasteiger partial charge in [-0.2, -0.15) is 0 Å². The van der Waals surface area contributed by atoms with Gasteiger partial charge in [0.2, 0.25) is 0 Å². The normalized spacial score (nSPS) is 10.7. The Morgan fingerprint density at radius 1 is 1.25 bits per heavy atom. The summed E-state index contributed by atoms with van der Waals surface area (Å²) in [7, 11) is 0. The molecule has 0 aliphatic heterocycles. The Morgan fingerprint density at radius 2 is 2.10 bits per heavy atom. The summed E-state index contributed by atoms with van der Waals surface area (Å²) >= 11 is 3.20. The zero-order valence-corrected chi connectivity index (χ0v) is 13.4. The monoisotopic (exact) mass is 396 g/mol. The van der Waals surface area contributed by atoms with Gasteiger partial charge in [0.05, 0.1) is 0 Å². The van der Waals surface area contributed by atoms with Crippen molar-refractivity contribution in [1.29, 1.82) is 0 Å². The molecule has 0 atom stereocenters. The number of amides is 1. The van der Waals surface area contributed by atoms with Gasteiger partial charge in [-0.05, 0) is 0 Å². The van der Waals surface area contributed by atoms with Gasteiger partial charge in [-0.25, -0.2) is 0 Å². The molecule has 2 aromatic carbocycles. The first-order valence-corrected chi connectivity index (χ1v) is 8.05. The molecule has 0 aliphatic rings. The maximum absolute atomic E-state index is 12.2. The Morgan fingerprint density at radius 3 is 2.90 bits per heavy atom. The summed E-state index contributed by atoms with van der Waals surface area (Å²) in [5.74, 6) is -0.200. The number of carbonyl (C=O) groups excluding carboxylic acids is 1. The number of benzene rings is 2. The van der Waals surface area contributed by atoms with Crippen LogP contribution in [0.1, 0.15) is 10.4 Å². The van der Waals surface area contributed by atoms with Gasteiger partial charge in [0.15, 0.2) is 0 Å². The summed E-state index contributed by atoms with van der Waals surface area (Å²) in [6, 6.07) is 10.6. The second kappa shape index (κ2) is 5.36. The zero-order valence-electron chi connectivity index (χ0n) is 10.1. The molecule has 0 radical (unpaired) electrons. The number of hydrogen-bond donors (Lipinski definition) is 2. The minimum atomic E-state index is -0.200. The molecular weight excluding hydrogens is 387 g/mol. The summed E-state index contributed by atoms with van der Waals surface area (Å²) in [6.07, 6.45) is 0. The molecule has 100 valence electrons. The number of anilines is 2. The summed E-state index contributed by atoms with van der Waals surface area (Å²) in [5, 5.41) is 2.86. The first-order valence-electron chi connectivity index (χ1n) is 5.73. The van der Waals surface area contributed by atoms with Crippen LogP contribution >= 0.6 is 15.9 Å². The van der Waals surface area contributed by atoms with Crippen LogP contribution in [0.3, 0.4) is 0 Å². The topological polar surface area (TPSA) is 80.9 Å². The Labute approximate surface area is 129 Å². The molecule has 0 fully saturated rings. The first-order chi connectivity index (χ1) is 9.65. The number of carbonyl (C=O) groups is 1. The second-order valence-corrected chi connectivity index (χ2v) is 6.09. The molecule has 5 nitrogen and oxygen atoms in total. The fourth-order valence-corrected chi connectivity index (χ4v) is 3.30. The van der Waals surface area contributed by atoms with Gasteiger partial charge in [-0.15, -0.1) is 0 Å². The molecule has 0 unspecified atom stereocenters. The molecule has 0 bridgehead atoms. The molecular formula is C13H9BrN4OSe.